The minimum Gasteiger partial charge on any atom is -0.355 e. The maximum absolute atomic E-state index is 11.4. The van der Waals surface area contributed by atoms with E-state index in [1.54, 1.807) is 12.4 Å². The molecule has 1 saturated carbocycles. The lowest BCUT2D eigenvalue weighted by Gasteiger charge is -2.02. The number of nitrogens with one attached hydrogen (secondary N) is 2. The fourth-order valence-corrected chi connectivity index (χ4v) is 1.56. The Balaban J connectivity index is 1.66. The maximum Gasteiger partial charge on any atom is 0.223 e. The molecule has 2 rings (SSSR count). The van der Waals surface area contributed by atoms with Crippen LogP contribution in [0.3, 0.4) is 0 Å². The van der Waals surface area contributed by atoms with Gasteiger partial charge in [-0.05, 0) is 12.3 Å². The summed E-state index contributed by atoms with van der Waals surface area (Å²) in [7, 11) is 0. The predicted octanol–water partition coefficient (Wildman–Crippen LogP) is 0.724. The molecule has 76 valence electrons. The Kier molecular flexibility index (Phi) is 2.52. The molecular formula is C10H15N3O. The highest BCUT2D eigenvalue weighted by Gasteiger charge is 2.38. The number of rotatable bonds is 4. The molecule has 0 radical (unpaired) electrons. The second-order valence-corrected chi connectivity index (χ2v) is 3.90. The Morgan fingerprint density at radius 3 is 3.14 bits per heavy atom. The smallest absolute Gasteiger partial charge is 0.223 e. The first kappa shape index (κ1) is 9.24. The summed E-state index contributed by atoms with van der Waals surface area (Å²) in [5.74, 6) is 1.98. The van der Waals surface area contributed by atoms with Crippen LogP contribution in [0, 0.1) is 11.8 Å². The molecule has 4 nitrogen and oxygen atoms in total. The Morgan fingerprint density at radius 2 is 2.57 bits per heavy atom. The van der Waals surface area contributed by atoms with Crippen LogP contribution in [0.1, 0.15) is 19.2 Å². The van der Waals surface area contributed by atoms with Gasteiger partial charge in [0.1, 0.15) is 5.82 Å². The largest absolute Gasteiger partial charge is 0.355 e. The van der Waals surface area contributed by atoms with Crippen molar-refractivity contribution in [2.75, 3.05) is 6.54 Å². The van der Waals surface area contributed by atoms with E-state index in [9.17, 15) is 4.79 Å². The van der Waals surface area contributed by atoms with E-state index >= 15 is 0 Å². The number of carbonyl (C=O) groups is 1. The van der Waals surface area contributed by atoms with E-state index in [2.05, 4.69) is 22.2 Å². The van der Waals surface area contributed by atoms with Crippen molar-refractivity contribution < 1.29 is 4.79 Å². The molecule has 2 N–H and O–H groups in total. The van der Waals surface area contributed by atoms with Gasteiger partial charge >= 0.3 is 0 Å². The third-order valence-corrected chi connectivity index (χ3v) is 2.66. The first-order valence-electron chi connectivity index (χ1n) is 5.03. The highest BCUT2D eigenvalue weighted by molar-refractivity contribution is 5.81. The van der Waals surface area contributed by atoms with E-state index in [0.29, 0.717) is 12.5 Å². The molecule has 1 aromatic heterocycles. The monoisotopic (exact) mass is 193 g/mol. The van der Waals surface area contributed by atoms with Crippen LogP contribution in [-0.2, 0) is 11.2 Å². The summed E-state index contributed by atoms with van der Waals surface area (Å²) >= 11 is 0. The van der Waals surface area contributed by atoms with Gasteiger partial charge in [0.25, 0.3) is 0 Å². The van der Waals surface area contributed by atoms with Crippen LogP contribution in [0.2, 0.25) is 0 Å². The fourth-order valence-electron chi connectivity index (χ4n) is 1.56. The highest BCUT2D eigenvalue weighted by atomic mass is 16.2. The highest BCUT2D eigenvalue weighted by Crippen LogP contribution is 2.37. The van der Waals surface area contributed by atoms with Crippen LogP contribution in [0.4, 0.5) is 0 Å². The van der Waals surface area contributed by atoms with Gasteiger partial charge in [-0.25, -0.2) is 4.98 Å². The lowest BCUT2D eigenvalue weighted by Crippen LogP contribution is -2.27. The van der Waals surface area contributed by atoms with Crippen molar-refractivity contribution in [1.82, 2.24) is 15.3 Å². The Bertz CT molecular complexity index is 307. The van der Waals surface area contributed by atoms with Gasteiger partial charge in [-0.3, -0.25) is 4.79 Å². The summed E-state index contributed by atoms with van der Waals surface area (Å²) in [4.78, 5) is 18.5. The zero-order valence-electron chi connectivity index (χ0n) is 8.29. The zero-order valence-corrected chi connectivity index (χ0v) is 8.29. The molecule has 0 saturated heterocycles. The van der Waals surface area contributed by atoms with E-state index < -0.39 is 0 Å². The van der Waals surface area contributed by atoms with Crippen LogP contribution >= 0.6 is 0 Å². The summed E-state index contributed by atoms with van der Waals surface area (Å²) < 4.78 is 0. The number of aromatic amines is 1. The van der Waals surface area contributed by atoms with Crippen molar-refractivity contribution in [2.24, 2.45) is 11.8 Å². The van der Waals surface area contributed by atoms with Gasteiger partial charge in [-0.2, -0.15) is 0 Å². The Hall–Kier alpha value is -1.32. The van der Waals surface area contributed by atoms with Crippen molar-refractivity contribution in [3.63, 3.8) is 0 Å². The molecule has 1 amide bonds. The van der Waals surface area contributed by atoms with Crippen molar-refractivity contribution in [3.8, 4) is 0 Å². The van der Waals surface area contributed by atoms with Gasteiger partial charge < -0.3 is 10.3 Å². The number of hydrogen-bond acceptors (Lipinski definition) is 2. The topological polar surface area (TPSA) is 57.8 Å². The number of aromatic nitrogens is 2. The summed E-state index contributed by atoms with van der Waals surface area (Å²) in [6, 6.07) is 0. The Morgan fingerprint density at radius 1 is 1.79 bits per heavy atom. The molecule has 0 aliphatic heterocycles. The molecule has 0 bridgehead atoms. The Labute approximate surface area is 83.1 Å². The lowest BCUT2D eigenvalue weighted by molar-refractivity contribution is -0.122. The molecule has 0 spiro atoms. The van der Waals surface area contributed by atoms with Crippen LogP contribution in [0.25, 0.3) is 0 Å². The first-order chi connectivity index (χ1) is 6.77. The molecule has 1 aliphatic carbocycles. The lowest BCUT2D eigenvalue weighted by atomic mass is 10.3. The maximum atomic E-state index is 11.4. The summed E-state index contributed by atoms with van der Waals surface area (Å²) in [6.07, 6.45) is 5.34. The average molecular weight is 193 g/mol. The van der Waals surface area contributed by atoms with Gasteiger partial charge in [0.2, 0.25) is 5.91 Å². The second-order valence-electron chi connectivity index (χ2n) is 3.90. The number of H-pyrrole nitrogens is 1. The average Bonchev–Trinajstić information content (AvgIpc) is 2.68. The zero-order chi connectivity index (χ0) is 9.97. The number of nitrogens with zero attached hydrogens (tertiary/aromatic N) is 1. The fraction of sp³-hybridized carbons (Fsp3) is 0.600. The molecule has 1 aromatic rings. The molecule has 14 heavy (non-hydrogen) atoms. The standard InChI is InChI=1S/C10H15N3O/c1-7-6-8(7)10(14)13-3-2-9-11-4-5-12-9/h4-5,7-8H,2-3,6H2,1H3,(H,11,12)(H,13,14). The summed E-state index contributed by atoms with van der Waals surface area (Å²) in [5, 5.41) is 2.91. The summed E-state index contributed by atoms with van der Waals surface area (Å²) in [6.45, 7) is 2.78. The number of carbonyl (C=O) groups excluding carboxylic acids is 1. The summed E-state index contributed by atoms with van der Waals surface area (Å²) in [5.41, 5.74) is 0. The molecule has 0 aromatic carbocycles. The van der Waals surface area contributed by atoms with Gasteiger partial charge in [-0.15, -0.1) is 0 Å². The van der Waals surface area contributed by atoms with Crippen LogP contribution in [0.15, 0.2) is 12.4 Å². The predicted molar refractivity (Wildman–Crippen MR) is 52.6 cm³/mol. The first-order valence-corrected chi connectivity index (χ1v) is 5.03. The quantitative estimate of drug-likeness (QED) is 0.740. The number of amides is 1. The molecule has 1 fully saturated rings. The van der Waals surface area contributed by atoms with Crippen LogP contribution in [0.5, 0.6) is 0 Å². The number of imidazole rings is 1. The van der Waals surface area contributed by atoms with E-state index in [1.807, 2.05) is 0 Å². The SMILES string of the molecule is CC1CC1C(=O)NCCc1ncc[nH]1. The molecule has 4 heteroatoms. The normalized spacial score (nSPS) is 24.6. The van der Waals surface area contributed by atoms with E-state index in [4.69, 9.17) is 0 Å². The third kappa shape index (κ3) is 2.13. The van der Waals surface area contributed by atoms with Crippen molar-refractivity contribution in [1.29, 1.82) is 0 Å². The molecule has 2 unspecified atom stereocenters. The number of hydrogen-bond donors (Lipinski definition) is 2. The third-order valence-electron chi connectivity index (χ3n) is 2.66. The minimum absolute atomic E-state index is 0.198. The van der Waals surface area contributed by atoms with Crippen LogP contribution in [-0.4, -0.2) is 22.4 Å². The molecule has 1 heterocycles. The van der Waals surface area contributed by atoms with Gasteiger partial charge in [0.05, 0.1) is 0 Å². The van der Waals surface area contributed by atoms with E-state index in [1.165, 1.54) is 0 Å². The van der Waals surface area contributed by atoms with Gasteiger partial charge in [-0.1, -0.05) is 6.92 Å². The molecule has 1 aliphatic rings. The van der Waals surface area contributed by atoms with Gasteiger partial charge in [0.15, 0.2) is 0 Å². The van der Waals surface area contributed by atoms with E-state index in [-0.39, 0.29) is 11.8 Å². The van der Waals surface area contributed by atoms with Crippen molar-refractivity contribution in [3.05, 3.63) is 18.2 Å². The minimum atomic E-state index is 0.198. The van der Waals surface area contributed by atoms with Gasteiger partial charge in [0, 0.05) is 31.3 Å². The van der Waals surface area contributed by atoms with E-state index in [0.717, 1.165) is 18.7 Å². The molecule has 2 atom stereocenters. The van der Waals surface area contributed by atoms with Crippen LogP contribution < -0.4 is 5.32 Å². The van der Waals surface area contributed by atoms with Crippen molar-refractivity contribution >= 4 is 5.91 Å². The molecular weight excluding hydrogens is 178 g/mol. The second kappa shape index (κ2) is 3.82. The van der Waals surface area contributed by atoms with Crippen molar-refractivity contribution in [2.45, 2.75) is 19.8 Å².